The van der Waals surface area contributed by atoms with E-state index in [0.717, 1.165) is 5.56 Å². The van der Waals surface area contributed by atoms with Crippen LogP contribution in [0.4, 0.5) is 4.39 Å². The Morgan fingerprint density at radius 3 is 2.79 bits per heavy atom. The number of ether oxygens (including phenoxy) is 1. The molecule has 0 aliphatic rings. The van der Waals surface area contributed by atoms with Crippen molar-refractivity contribution in [3.8, 4) is 28.8 Å². The molecule has 7 heteroatoms. The zero-order chi connectivity index (χ0) is 19.8. The number of halogens is 1. The van der Waals surface area contributed by atoms with E-state index in [1.807, 2.05) is 6.92 Å². The maximum absolute atomic E-state index is 14.2. The number of nitrogens with one attached hydrogen (secondary N) is 1. The summed E-state index contributed by atoms with van der Waals surface area (Å²) in [5, 5.41) is 13.4. The molecule has 4 rings (SSSR count). The van der Waals surface area contributed by atoms with Gasteiger partial charge in [0.2, 0.25) is 0 Å². The summed E-state index contributed by atoms with van der Waals surface area (Å²) in [4.78, 5) is 16.0. The Balaban J connectivity index is 1.91. The fourth-order valence-corrected chi connectivity index (χ4v) is 3.10. The van der Waals surface area contributed by atoms with Crippen LogP contribution in [0.3, 0.4) is 0 Å². The van der Waals surface area contributed by atoms with Crippen molar-refractivity contribution in [3.05, 3.63) is 76.0 Å². The number of pyridine rings is 1. The molecule has 0 spiro atoms. The lowest BCUT2D eigenvalue weighted by Gasteiger charge is -2.11. The van der Waals surface area contributed by atoms with Gasteiger partial charge < -0.3 is 9.72 Å². The van der Waals surface area contributed by atoms with Crippen LogP contribution in [-0.2, 0) is 7.05 Å². The summed E-state index contributed by atoms with van der Waals surface area (Å²) in [6, 6.07) is 11.1. The Morgan fingerprint density at radius 2 is 2.07 bits per heavy atom. The number of rotatable bonds is 3. The standard InChI is InChI=1S/C21H15FN4O2/c1-12-3-4-13(9-23)5-16(12)17-8-19(27)21-18(25-17)6-14(22)7-20(21)28-15-10-24-26(2)11-15/h3-8,10-11H,1-2H3,(H,25,27). The minimum Gasteiger partial charge on any atom is -0.453 e. The van der Waals surface area contributed by atoms with Crippen LogP contribution < -0.4 is 10.2 Å². The van der Waals surface area contributed by atoms with E-state index >= 15 is 0 Å². The Hall–Kier alpha value is -3.92. The largest absolute Gasteiger partial charge is 0.453 e. The zero-order valence-electron chi connectivity index (χ0n) is 15.2. The van der Waals surface area contributed by atoms with Gasteiger partial charge in [0.25, 0.3) is 0 Å². The van der Waals surface area contributed by atoms with Crippen LogP contribution in [-0.4, -0.2) is 14.8 Å². The molecule has 0 radical (unpaired) electrons. The van der Waals surface area contributed by atoms with E-state index in [1.54, 1.807) is 36.1 Å². The first-order valence-corrected chi connectivity index (χ1v) is 8.49. The number of fused-ring (bicyclic) bond motifs is 1. The second-order valence-corrected chi connectivity index (χ2v) is 6.47. The van der Waals surface area contributed by atoms with Gasteiger partial charge in [-0.3, -0.25) is 9.48 Å². The third kappa shape index (κ3) is 3.12. The molecule has 0 atom stereocenters. The lowest BCUT2D eigenvalue weighted by Crippen LogP contribution is -2.06. The molecule has 0 bridgehead atoms. The van der Waals surface area contributed by atoms with Crippen LogP contribution in [0.15, 0.2) is 53.6 Å². The molecule has 0 amide bonds. The van der Waals surface area contributed by atoms with Gasteiger partial charge in [-0.15, -0.1) is 0 Å². The topological polar surface area (TPSA) is 83.7 Å². The van der Waals surface area contributed by atoms with Gasteiger partial charge in [0.15, 0.2) is 11.2 Å². The predicted molar refractivity (Wildman–Crippen MR) is 103 cm³/mol. The lowest BCUT2D eigenvalue weighted by atomic mass is 10.0. The quantitative estimate of drug-likeness (QED) is 0.587. The van der Waals surface area contributed by atoms with Crippen molar-refractivity contribution in [2.75, 3.05) is 0 Å². The molecule has 0 unspecified atom stereocenters. The van der Waals surface area contributed by atoms with Crippen molar-refractivity contribution in [3.63, 3.8) is 0 Å². The highest BCUT2D eigenvalue weighted by Crippen LogP contribution is 2.30. The monoisotopic (exact) mass is 374 g/mol. The minimum absolute atomic E-state index is 0.110. The lowest BCUT2D eigenvalue weighted by molar-refractivity contribution is 0.482. The first-order valence-electron chi connectivity index (χ1n) is 8.49. The predicted octanol–water partition coefficient (Wildman–Crippen LogP) is 4.04. The van der Waals surface area contributed by atoms with E-state index in [4.69, 9.17) is 10.00 Å². The number of H-pyrrole nitrogens is 1. The molecular formula is C21H15FN4O2. The highest BCUT2D eigenvalue weighted by atomic mass is 19.1. The number of aryl methyl sites for hydroxylation is 2. The van der Waals surface area contributed by atoms with Gasteiger partial charge in [0.05, 0.1) is 40.6 Å². The van der Waals surface area contributed by atoms with E-state index < -0.39 is 5.82 Å². The first kappa shape index (κ1) is 17.5. The molecule has 2 aromatic carbocycles. The average molecular weight is 374 g/mol. The fraction of sp³-hybridized carbons (Fsp3) is 0.0952. The molecule has 0 aliphatic carbocycles. The molecule has 1 N–H and O–H groups in total. The SMILES string of the molecule is Cc1ccc(C#N)cc1-c1cc(=O)c2c(Oc3cnn(C)c3)cc(F)cc2[nH]1. The van der Waals surface area contributed by atoms with Crippen LogP contribution in [0.25, 0.3) is 22.2 Å². The van der Waals surface area contributed by atoms with Crippen molar-refractivity contribution < 1.29 is 9.13 Å². The minimum atomic E-state index is -0.540. The first-order chi connectivity index (χ1) is 13.4. The van der Waals surface area contributed by atoms with Crippen LogP contribution in [0.5, 0.6) is 11.5 Å². The number of aromatic amines is 1. The van der Waals surface area contributed by atoms with Gasteiger partial charge in [0.1, 0.15) is 11.6 Å². The van der Waals surface area contributed by atoms with E-state index in [9.17, 15) is 9.18 Å². The van der Waals surface area contributed by atoms with E-state index in [2.05, 4.69) is 16.2 Å². The summed E-state index contributed by atoms with van der Waals surface area (Å²) in [7, 11) is 1.73. The van der Waals surface area contributed by atoms with Crippen molar-refractivity contribution in [1.29, 1.82) is 5.26 Å². The van der Waals surface area contributed by atoms with Crippen molar-refractivity contribution >= 4 is 10.9 Å². The van der Waals surface area contributed by atoms with Crippen LogP contribution >= 0.6 is 0 Å². The second kappa shape index (κ2) is 6.67. The van der Waals surface area contributed by atoms with Crippen molar-refractivity contribution in [1.82, 2.24) is 14.8 Å². The molecule has 6 nitrogen and oxygen atoms in total. The van der Waals surface area contributed by atoms with Crippen LogP contribution in [0.1, 0.15) is 11.1 Å². The molecular weight excluding hydrogens is 359 g/mol. The third-order valence-corrected chi connectivity index (χ3v) is 4.42. The molecule has 0 saturated carbocycles. The summed E-state index contributed by atoms with van der Waals surface area (Å²) in [5.74, 6) is -0.0320. The molecule has 0 fully saturated rings. The summed E-state index contributed by atoms with van der Waals surface area (Å²) >= 11 is 0. The van der Waals surface area contributed by atoms with E-state index in [1.165, 1.54) is 24.4 Å². The normalized spacial score (nSPS) is 10.8. The van der Waals surface area contributed by atoms with Gasteiger partial charge in [-0.1, -0.05) is 6.07 Å². The Bertz CT molecular complexity index is 1310. The molecule has 2 heterocycles. The van der Waals surface area contributed by atoms with Gasteiger partial charge in [0, 0.05) is 24.7 Å². The Labute approximate surface area is 159 Å². The van der Waals surface area contributed by atoms with Gasteiger partial charge in [-0.25, -0.2) is 4.39 Å². The number of hydrogen-bond acceptors (Lipinski definition) is 4. The van der Waals surface area contributed by atoms with Gasteiger partial charge >= 0.3 is 0 Å². The number of hydrogen-bond donors (Lipinski definition) is 1. The number of nitrogens with zero attached hydrogens (tertiary/aromatic N) is 3. The number of aromatic nitrogens is 3. The number of nitriles is 1. The summed E-state index contributed by atoms with van der Waals surface area (Å²) < 4.78 is 21.4. The third-order valence-electron chi connectivity index (χ3n) is 4.42. The van der Waals surface area contributed by atoms with E-state index in [-0.39, 0.29) is 16.6 Å². The highest BCUT2D eigenvalue weighted by molar-refractivity contribution is 5.87. The zero-order valence-corrected chi connectivity index (χ0v) is 15.2. The maximum Gasteiger partial charge on any atom is 0.193 e. The molecule has 0 aliphatic heterocycles. The summed E-state index contributed by atoms with van der Waals surface area (Å²) in [6.07, 6.45) is 3.10. The average Bonchev–Trinajstić information content (AvgIpc) is 3.06. The number of benzene rings is 2. The summed E-state index contributed by atoms with van der Waals surface area (Å²) in [6.45, 7) is 1.88. The second-order valence-electron chi connectivity index (χ2n) is 6.47. The summed E-state index contributed by atoms with van der Waals surface area (Å²) in [5.41, 5.74) is 2.56. The molecule has 0 saturated heterocycles. The maximum atomic E-state index is 14.2. The van der Waals surface area contributed by atoms with Gasteiger partial charge in [-0.05, 0) is 30.7 Å². The Kier molecular flexibility index (Phi) is 4.17. The molecule has 138 valence electrons. The molecule has 4 aromatic rings. The smallest absolute Gasteiger partial charge is 0.193 e. The molecule has 2 aromatic heterocycles. The van der Waals surface area contributed by atoms with E-state index in [0.29, 0.717) is 28.1 Å². The molecule has 28 heavy (non-hydrogen) atoms. The van der Waals surface area contributed by atoms with Crippen LogP contribution in [0, 0.1) is 24.1 Å². The Morgan fingerprint density at radius 1 is 1.25 bits per heavy atom. The van der Waals surface area contributed by atoms with Crippen molar-refractivity contribution in [2.24, 2.45) is 7.05 Å². The van der Waals surface area contributed by atoms with Gasteiger partial charge in [-0.2, -0.15) is 10.4 Å². The highest BCUT2D eigenvalue weighted by Gasteiger charge is 2.14. The fourth-order valence-electron chi connectivity index (χ4n) is 3.10. The van der Waals surface area contributed by atoms with Crippen molar-refractivity contribution in [2.45, 2.75) is 6.92 Å². The van der Waals surface area contributed by atoms with Crippen LogP contribution in [0.2, 0.25) is 0 Å².